The van der Waals surface area contributed by atoms with Crippen LogP contribution in [0.3, 0.4) is 0 Å². The van der Waals surface area contributed by atoms with Crippen molar-refractivity contribution in [3.8, 4) is 0 Å². The van der Waals surface area contributed by atoms with Crippen LogP contribution in [0.4, 0.5) is 4.39 Å². The number of hydrogen-bond acceptors (Lipinski definition) is 2. The van der Waals surface area contributed by atoms with E-state index < -0.39 is 0 Å². The quantitative estimate of drug-likeness (QED) is 0.771. The Hall–Kier alpha value is -0.640. The van der Waals surface area contributed by atoms with Crippen LogP contribution < -0.4 is 0 Å². The predicted molar refractivity (Wildman–Crippen MR) is 67.3 cm³/mol. The number of benzene rings is 1. The minimum Gasteiger partial charge on any atom is -0.348 e. The van der Waals surface area contributed by atoms with E-state index in [2.05, 4.69) is 0 Å². The monoisotopic (exact) mass is 270 g/mol. The molecule has 1 aromatic rings. The molecule has 0 unspecified atom stereocenters. The number of hydrogen-bond donors (Lipinski definition) is 0. The summed E-state index contributed by atoms with van der Waals surface area (Å²) in [5, 5.41) is 0.532. The lowest BCUT2D eigenvalue weighted by atomic mass is 9.81. The van der Waals surface area contributed by atoms with Crippen molar-refractivity contribution < 1.29 is 13.9 Å². The Balaban J connectivity index is 1.72. The lowest BCUT2D eigenvalue weighted by Crippen LogP contribution is -2.34. The van der Waals surface area contributed by atoms with E-state index in [-0.39, 0.29) is 11.6 Å². The highest BCUT2D eigenvalue weighted by Crippen LogP contribution is 2.43. The standard InChI is InChI=1S/C14H16ClFO2/c15-13-9-11(16)1-2-12(13)10-3-5-14(6-4-10)17-7-8-18-14/h1-2,9-10H,3-8H2. The smallest absolute Gasteiger partial charge is 0.168 e. The van der Waals surface area contributed by atoms with Crippen molar-refractivity contribution in [3.05, 3.63) is 34.6 Å². The minimum absolute atomic E-state index is 0.279. The van der Waals surface area contributed by atoms with Crippen molar-refractivity contribution in [2.45, 2.75) is 37.4 Å². The largest absolute Gasteiger partial charge is 0.348 e. The molecule has 2 aliphatic rings. The van der Waals surface area contributed by atoms with Crippen LogP contribution in [-0.2, 0) is 9.47 Å². The molecule has 18 heavy (non-hydrogen) atoms. The van der Waals surface area contributed by atoms with Gasteiger partial charge in [-0.3, -0.25) is 0 Å². The third-order valence-corrected chi connectivity index (χ3v) is 4.29. The number of halogens is 2. The van der Waals surface area contributed by atoms with E-state index in [1.54, 1.807) is 6.07 Å². The Kier molecular flexibility index (Phi) is 3.31. The van der Waals surface area contributed by atoms with Crippen molar-refractivity contribution in [2.24, 2.45) is 0 Å². The van der Waals surface area contributed by atoms with Gasteiger partial charge in [0, 0.05) is 17.9 Å². The van der Waals surface area contributed by atoms with Crippen LogP contribution in [0.2, 0.25) is 5.02 Å². The summed E-state index contributed by atoms with van der Waals surface area (Å²) < 4.78 is 24.4. The summed E-state index contributed by atoms with van der Waals surface area (Å²) in [7, 11) is 0. The Bertz CT molecular complexity index is 433. The van der Waals surface area contributed by atoms with Gasteiger partial charge in [-0.1, -0.05) is 17.7 Å². The predicted octanol–water partition coefficient (Wildman–Crippen LogP) is 3.88. The van der Waals surface area contributed by atoms with Crippen molar-refractivity contribution in [1.29, 1.82) is 0 Å². The zero-order valence-corrected chi connectivity index (χ0v) is 10.9. The molecule has 0 radical (unpaired) electrons. The molecule has 1 saturated carbocycles. The SMILES string of the molecule is Fc1ccc(C2CCC3(CC2)OCCO3)c(Cl)c1. The minimum atomic E-state index is -0.344. The van der Waals surface area contributed by atoms with Crippen molar-refractivity contribution in [2.75, 3.05) is 13.2 Å². The molecule has 0 amide bonds. The van der Waals surface area contributed by atoms with Gasteiger partial charge < -0.3 is 9.47 Å². The fourth-order valence-corrected chi connectivity index (χ4v) is 3.31. The molecule has 2 fully saturated rings. The summed E-state index contributed by atoms with van der Waals surface area (Å²) in [5.74, 6) is -0.238. The molecule has 98 valence electrons. The van der Waals surface area contributed by atoms with Gasteiger partial charge in [0.05, 0.1) is 13.2 Å². The fraction of sp³-hybridized carbons (Fsp3) is 0.571. The van der Waals surface area contributed by atoms with Gasteiger partial charge in [0.25, 0.3) is 0 Å². The van der Waals surface area contributed by atoms with Gasteiger partial charge in [0.15, 0.2) is 5.79 Å². The van der Waals surface area contributed by atoms with E-state index >= 15 is 0 Å². The van der Waals surface area contributed by atoms with E-state index in [1.165, 1.54) is 12.1 Å². The van der Waals surface area contributed by atoms with E-state index in [9.17, 15) is 4.39 Å². The zero-order valence-electron chi connectivity index (χ0n) is 10.1. The lowest BCUT2D eigenvalue weighted by molar-refractivity contribution is -0.178. The van der Waals surface area contributed by atoms with E-state index in [0.29, 0.717) is 24.2 Å². The Morgan fingerprint density at radius 2 is 1.83 bits per heavy atom. The fourth-order valence-electron chi connectivity index (χ4n) is 2.99. The van der Waals surface area contributed by atoms with Crippen LogP contribution in [0.5, 0.6) is 0 Å². The molecule has 0 aromatic heterocycles. The lowest BCUT2D eigenvalue weighted by Gasteiger charge is -2.35. The summed E-state index contributed by atoms with van der Waals surface area (Å²) in [6, 6.07) is 4.68. The third kappa shape index (κ3) is 2.27. The third-order valence-electron chi connectivity index (χ3n) is 3.96. The molecule has 0 atom stereocenters. The Labute approximate surface area is 111 Å². The van der Waals surface area contributed by atoms with Gasteiger partial charge in [0.2, 0.25) is 0 Å². The van der Waals surface area contributed by atoms with Gasteiger partial charge in [-0.05, 0) is 36.5 Å². The van der Waals surface area contributed by atoms with Crippen LogP contribution in [0.1, 0.15) is 37.2 Å². The highest BCUT2D eigenvalue weighted by Gasteiger charge is 2.40. The van der Waals surface area contributed by atoms with Crippen LogP contribution in [0, 0.1) is 5.82 Å². The summed E-state index contributed by atoms with van der Waals surface area (Å²) in [5.41, 5.74) is 1.05. The molecule has 4 heteroatoms. The maximum Gasteiger partial charge on any atom is 0.168 e. The first-order valence-corrected chi connectivity index (χ1v) is 6.79. The molecule has 1 heterocycles. The van der Waals surface area contributed by atoms with Gasteiger partial charge in [0.1, 0.15) is 5.82 Å². The Morgan fingerprint density at radius 1 is 1.17 bits per heavy atom. The first kappa shape index (κ1) is 12.4. The average molecular weight is 271 g/mol. The molecule has 1 aromatic carbocycles. The summed E-state index contributed by atoms with van der Waals surface area (Å²) in [6.45, 7) is 1.39. The molecule has 1 saturated heterocycles. The second-order valence-electron chi connectivity index (χ2n) is 5.05. The molecular weight excluding hydrogens is 255 g/mol. The first-order chi connectivity index (χ1) is 8.69. The summed E-state index contributed by atoms with van der Waals surface area (Å²) in [4.78, 5) is 0. The van der Waals surface area contributed by atoms with Gasteiger partial charge in [-0.2, -0.15) is 0 Å². The molecular formula is C14H16ClFO2. The van der Waals surface area contributed by atoms with Crippen LogP contribution in [-0.4, -0.2) is 19.0 Å². The normalized spacial score (nSPS) is 23.7. The molecule has 1 aliphatic heterocycles. The van der Waals surface area contributed by atoms with Gasteiger partial charge in [-0.15, -0.1) is 0 Å². The zero-order chi connectivity index (χ0) is 12.6. The second kappa shape index (κ2) is 4.80. The first-order valence-electron chi connectivity index (χ1n) is 6.41. The van der Waals surface area contributed by atoms with Crippen molar-refractivity contribution in [3.63, 3.8) is 0 Å². The van der Waals surface area contributed by atoms with Gasteiger partial charge >= 0.3 is 0 Å². The maximum atomic E-state index is 13.0. The van der Waals surface area contributed by atoms with Crippen LogP contribution >= 0.6 is 11.6 Å². The van der Waals surface area contributed by atoms with Gasteiger partial charge in [-0.25, -0.2) is 4.39 Å². The molecule has 1 aliphatic carbocycles. The topological polar surface area (TPSA) is 18.5 Å². The van der Waals surface area contributed by atoms with E-state index in [4.69, 9.17) is 21.1 Å². The molecule has 2 nitrogen and oxygen atoms in total. The van der Waals surface area contributed by atoms with Crippen molar-refractivity contribution in [1.82, 2.24) is 0 Å². The van der Waals surface area contributed by atoms with Crippen molar-refractivity contribution >= 4 is 11.6 Å². The number of ether oxygens (including phenoxy) is 2. The molecule has 1 spiro atoms. The Morgan fingerprint density at radius 3 is 2.44 bits per heavy atom. The highest BCUT2D eigenvalue weighted by molar-refractivity contribution is 6.31. The maximum absolute atomic E-state index is 13.0. The highest BCUT2D eigenvalue weighted by atomic mass is 35.5. The second-order valence-corrected chi connectivity index (χ2v) is 5.45. The molecule has 3 rings (SSSR count). The summed E-state index contributed by atoms with van der Waals surface area (Å²) in [6.07, 6.45) is 3.74. The summed E-state index contributed by atoms with van der Waals surface area (Å²) >= 11 is 6.11. The molecule has 0 bridgehead atoms. The van der Waals surface area contributed by atoms with Crippen LogP contribution in [0.15, 0.2) is 18.2 Å². The molecule has 0 N–H and O–H groups in total. The van der Waals surface area contributed by atoms with E-state index in [0.717, 1.165) is 31.2 Å². The van der Waals surface area contributed by atoms with E-state index in [1.807, 2.05) is 0 Å². The number of rotatable bonds is 1. The average Bonchev–Trinajstić information content (AvgIpc) is 2.80. The van der Waals surface area contributed by atoms with Crippen LogP contribution in [0.25, 0.3) is 0 Å².